The summed E-state index contributed by atoms with van der Waals surface area (Å²) in [6.07, 6.45) is 1.32. The number of nitrogens with one attached hydrogen (secondary N) is 2. The summed E-state index contributed by atoms with van der Waals surface area (Å²) in [4.78, 5) is 37.4. The summed E-state index contributed by atoms with van der Waals surface area (Å²) in [5.74, 6) is 0.0729. The molecule has 2 atom stereocenters. The van der Waals surface area contributed by atoms with Gasteiger partial charge in [-0.15, -0.1) is 0 Å². The number of hydrogen-bond donors (Lipinski definition) is 2. The number of ether oxygens (including phenoxy) is 3. The molecular weight excluding hydrogens is 464 g/mol. The Kier molecular flexibility index (Phi) is 10.8. The van der Waals surface area contributed by atoms with Gasteiger partial charge in [0.25, 0.3) is 5.91 Å². The van der Waals surface area contributed by atoms with Crippen molar-refractivity contribution in [3.05, 3.63) is 30.0 Å². The Morgan fingerprint density at radius 3 is 2.22 bits per heavy atom. The lowest BCUT2D eigenvalue weighted by molar-refractivity contribution is -0.141. The fourth-order valence-corrected chi connectivity index (χ4v) is 3.69. The summed E-state index contributed by atoms with van der Waals surface area (Å²) in [6.45, 7) is 8.39. The molecule has 198 valence electrons. The maximum atomic E-state index is 13.3. The molecule has 0 bridgehead atoms. The molecule has 1 aromatic heterocycles. The first-order chi connectivity index (χ1) is 17.1. The van der Waals surface area contributed by atoms with Gasteiger partial charge in [0.2, 0.25) is 5.91 Å². The van der Waals surface area contributed by atoms with Gasteiger partial charge in [0.05, 0.1) is 32.6 Å². The number of aromatic nitrogens is 2. The third kappa shape index (κ3) is 7.47. The Hall–Kier alpha value is -3.56. The SMILES string of the molecule is CCC(C)Cn1nc(C(=O)N[C@@H](CC(C)C)C(=O)NCC(=O)OC)cc1-c1c(OC)cccc1OC. The molecule has 0 saturated carbocycles. The van der Waals surface area contributed by atoms with Gasteiger partial charge in [-0.1, -0.05) is 40.2 Å². The van der Waals surface area contributed by atoms with Crippen LogP contribution in [0.25, 0.3) is 11.3 Å². The van der Waals surface area contributed by atoms with Crippen LogP contribution in [0, 0.1) is 11.8 Å². The minimum atomic E-state index is -0.842. The first kappa shape index (κ1) is 28.7. The lowest BCUT2D eigenvalue weighted by Gasteiger charge is -2.19. The number of benzene rings is 1. The summed E-state index contributed by atoms with van der Waals surface area (Å²) in [5.41, 5.74) is 1.52. The van der Waals surface area contributed by atoms with Crippen LogP contribution in [0.15, 0.2) is 24.3 Å². The second-order valence-electron chi connectivity index (χ2n) is 9.10. The highest BCUT2D eigenvalue weighted by atomic mass is 16.5. The van der Waals surface area contributed by atoms with Crippen LogP contribution in [0.4, 0.5) is 0 Å². The third-order valence-corrected chi connectivity index (χ3v) is 5.84. The summed E-state index contributed by atoms with van der Waals surface area (Å²) in [5, 5.41) is 9.89. The smallest absolute Gasteiger partial charge is 0.325 e. The van der Waals surface area contributed by atoms with E-state index in [4.69, 9.17) is 9.47 Å². The third-order valence-electron chi connectivity index (χ3n) is 5.84. The zero-order chi connectivity index (χ0) is 26.8. The molecule has 2 rings (SSSR count). The highest BCUT2D eigenvalue weighted by molar-refractivity contribution is 5.97. The van der Waals surface area contributed by atoms with E-state index < -0.39 is 23.8 Å². The van der Waals surface area contributed by atoms with E-state index in [2.05, 4.69) is 34.3 Å². The van der Waals surface area contributed by atoms with Crippen LogP contribution >= 0.6 is 0 Å². The van der Waals surface area contributed by atoms with Crippen molar-refractivity contribution in [2.75, 3.05) is 27.9 Å². The number of carbonyl (C=O) groups is 3. The summed E-state index contributed by atoms with van der Waals surface area (Å²) in [6, 6.07) is 6.31. The predicted octanol–water partition coefficient (Wildman–Crippen LogP) is 3.05. The molecule has 0 spiro atoms. The van der Waals surface area contributed by atoms with Crippen LogP contribution in [0.3, 0.4) is 0 Å². The highest BCUT2D eigenvalue weighted by Gasteiger charge is 2.26. The van der Waals surface area contributed by atoms with Crippen LogP contribution in [-0.2, 0) is 20.9 Å². The number of methoxy groups -OCH3 is 3. The van der Waals surface area contributed by atoms with Gasteiger partial charge in [-0.2, -0.15) is 5.10 Å². The van der Waals surface area contributed by atoms with E-state index in [0.29, 0.717) is 41.6 Å². The number of nitrogens with zero attached hydrogens (tertiary/aromatic N) is 2. The van der Waals surface area contributed by atoms with Crippen LogP contribution < -0.4 is 20.1 Å². The van der Waals surface area contributed by atoms with Gasteiger partial charge in [-0.05, 0) is 36.5 Å². The lowest BCUT2D eigenvalue weighted by Crippen LogP contribution is -2.48. The quantitative estimate of drug-likeness (QED) is 0.404. The fraction of sp³-hybridized carbons (Fsp3) is 0.538. The Morgan fingerprint density at radius 2 is 1.69 bits per heavy atom. The topological polar surface area (TPSA) is 121 Å². The van der Waals surface area contributed by atoms with E-state index >= 15 is 0 Å². The van der Waals surface area contributed by atoms with Gasteiger partial charge in [-0.3, -0.25) is 19.1 Å². The molecule has 2 N–H and O–H groups in total. The van der Waals surface area contributed by atoms with Gasteiger partial charge >= 0.3 is 5.97 Å². The molecule has 10 nitrogen and oxygen atoms in total. The van der Waals surface area contributed by atoms with E-state index in [9.17, 15) is 14.4 Å². The van der Waals surface area contributed by atoms with Crippen LogP contribution in [0.5, 0.6) is 11.5 Å². The Bertz CT molecular complexity index is 1030. The molecule has 0 aliphatic carbocycles. The van der Waals surface area contributed by atoms with E-state index in [1.807, 2.05) is 32.0 Å². The van der Waals surface area contributed by atoms with Crippen LogP contribution in [0.2, 0.25) is 0 Å². The zero-order valence-electron chi connectivity index (χ0n) is 22.2. The summed E-state index contributed by atoms with van der Waals surface area (Å²) < 4.78 is 17.5. The number of hydrogen-bond acceptors (Lipinski definition) is 7. The molecule has 0 radical (unpaired) electrons. The standard InChI is InChI=1S/C26H38N4O6/c1-8-17(4)15-30-20(24-21(34-5)10-9-11-22(24)35-6)13-19(29-30)26(33)28-18(12-16(2)3)25(32)27-14-23(31)36-7/h9-11,13,16-18H,8,12,14-15H2,1-7H3,(H,27,32)(H,28,33)/t17?,18-/m0/s1. The molecule has 0 aliphatic heterocycles. The van der Waals surface area contributed by atoms with Gasteiger partial charge in [0, 0.05) is 6.54 Å². The monoisotopic (exact) mass is 502 g/mol. The molecule has 0 fully saturated rings. The van der Waals surface area contributed by atoms with Crippen molar-refractivity contribution in [3.63, 3.8) is 0 Å². The molecular formula is C26H38N4O6. The molecule has 0 saturated heterocycles. The second kappa shape index (κ2) is 13.5. The lowest BCUT2D eigenvalue weighted by atomic mass is 10.0. The molecule has 1 unspecified atom stereocenters. The zero-order valence-corrected chi connectivity index (χ0v) is 22.2. The summed E-state index contributed by atoms with van der Waals surface area (Å²) >= 11 is 0. The Labute approximate surface area is 212 Å². The normalized spacial score (nSPS) is 12.6. The van der Waals surface area contributed by atoms with Crippen molar-refractivity contribution in [1.82, 2.24) is 20.4 Å². The van der Waals surface area contributed by atoms with E-state index in [1.54, 1.807) is 25.0 Å². The van der Waals surface area contributed by atoms with E-state index in [-0.39, 0.29) is 18.2 Å². The number of carbonyl (C=O) groups excluding carboxylic acids is 3. The fourth-order valence-electron chi connectivity index (χ4n) is 3.69. The largest absolute Gasteiger partial charge is 0.496 e. The predicted molar refractivity (Wildman–Crippen MR) is 136 cm³/mol. The molecule has 2 amide bonds. The molecule has 1 heterocycles. The van der Waals surface area contributed by atoms with Crippen molar-refractivity contribution in [2.24, 2.45) is 11.8 Å². The van der Waals surface area contributed by atoms with E-state index in [1.165, 1.54) is 7.11 Å². The van der Waals surface area contributed by atoms with Crippen molar-refractivity contribution >= 4 is 17.8 Å². The first-order valence-corrected chi connectivity index (χ1v) is 12.1. The van der Waals surface area contributed by atoms with Gasteiger partial charge in [0.15, 0.2) is 5.69 Å². The highest BCUT2D eigenvalue weighted by Crippen LogP contribution is 2.38. The van der Waals surface area contributed by atoms with E-state index in [0.717, 1.165) is 6.42 Å². The van der Waals surface area contributed by atoms with Crippen LogP contribution in [0.1, 0.15) is 51.0 Å². The van der Waals surface area contributed by atoms with Crippen molar-refractivity contribution in [1.29, 1.82) is 0 Å². The Morgan fingerprint density at radius 1 is 1.06 bits per heavy atom. The van der Waals surface area contributed by atoms with Gasteiger partial charge in [-0.25, -0.2) is 0 Å². The first-order valence-electron chi connectivity index (χ1n) is 12.1. The number of rotatable bonds is 13. The Balaban J connectivity index is 2.43. The van der Waals surface area contributed by atoms with Crippen molar-refractivity contribution in [2.45, 2.75) is 53.1 Å². The molecule has 2 aromatic rings. The van der Waals surface area contributed by atoms with Crippen molar-refractivity contribution in [3.8, 4) is 22.8 Å². The second-order valence-corrected chi connectivity index (χ2v) is 9.10. The molecule has 10 heteroatoms. The average molecular weight is 503 g/mol. The van der Waals surface area contributed by atoms with Gasteiger partial charge < -0.3 is 24.8 Å². The number of amides is 2. The number of esters is 1. The maximum absolute atomic E-state index is 13.3. The summed E-state index contributed by atoms with van der Waals surface area (Å²) in [7, 11) is 4.39. The van der Waals surface area contributed by atoms with Crippen LogP contribution in [-0.4, -0.2) is 61.5 Å². The molecule has 36 heavy (non-hydrogen) atoms. The van der Waals surface area contributed by atoms with Gasteiger partial charge in [0.1, 0.15) is 24.1 Å². The minimum Gasteiger partial charge on any atom is -0.496 e. The molecule has 1 aromatic carbocycles. The molecule has 0 aliphatic rings. The maximum Gasteiger partial charge on any atom is 0.325 e. The van der Waals surface area contributed by atoms with Crippen molar-refractivity contribution < 1.29 is 28.6 Å². The minimum absolute atomic E-state index is 0.121. The average Bonchev–Trinajstić information content (AvgIpc) is 3.28.